The molecule has 0 spiro atoms. The van der Waals surface area contributed by atoms with Crippen LogP contribution in [0.4, 0.5) is 5.69 Å². The maximum absolute atomic E-state index is 12.7. The van der Waals surface area contributed by atoms with Crippen LogP contribution in [-0.2, 0) is 10.0 Å². The standard InChI is InChI=1S/C19H20N2O2S/c1-3-14(2)15-9-11-17(12-10-15)24(22,23)21-18-8-4-6-16-7-5-13-20-19(16)18/h4-14,21H,3H2,1-2H3. The smallest absolute Gasteiger partial charge is 0.261 e. The topological polar surface area (TPSA) is 59.1 Å². The molecule has 3 aromatic rings. The summed E-state index contributed by atoms with van der Waals surface area (Å²) in [6, 6.07) is 16.2. The van der Waals surface area contributed by atoms with Crippen molar-refractivity contribution >= 4 is 26.6 Å². The molecule has 1 atom stereocenters. The van der Waals surface area contributed by atoms with E-state index in [1.54, 1.807) is 24.4 Å². The Morgan fingerprint density at radius 2 is 1.75 bits per heavy atom. The van der Waals surface area contributed by atoms with E-state index in [4.69, 9.17) is 0 Å². The Kier molecular flexibility index (Phi) is 4.53. The summed E-state index contributed by atoms with van der Waals surface area (Å²) in [5.74, 6) is 0.414. The molecule has 0 fully saturated rings. The quantitative estimate of drug-likeness (QED) is 0.741. The molecule has 0 bridgehead atoms. The van der Waals surface area contributed by atoms with E-state index in [0.717, 1.165) is 17.4 Å². The highest BCUT2D eigenvalue weighted by Crippen LogP contribution is 2.25. The molecular weight excluding hydrogens is 320 g/mol. The molecule has 1 unspecified atom stereocenters. The molecule has 124 valence electrons. The van der Waals surface area contributed by atoms with Crippen molar-refractivity contribution in [1.29, 1.82) is 0 Å². The lowest BCUT2D eigenvalue weighted by atomic mass is 9.99. The molecule has 2 aromatic carbocycles. The number of pyridine rings is 1. The maximum Gasteiger partial charge on any atom is 0.261 e. The van der Waals surface area contributed by atoms with Gasteiger partial charge in [-0.2, -0.15) is 0 Å². The highest BCUT2D eigenvalue weighted by Gasteiger charge is 2.16. The van der Waals surface area contributed by atoms with Crippen molar-refractivity contribution in [2.75, 3.05) is 4.72 Å². The van der Waals surface area contributed by atoms with E-state index < -0.39 is 10.0 Å². The minimum absolute atomic E-state index is 0.252. The van der Waals surface area contributed by atoms with Gasteiger partial charge in [-0.1, -0.05) is 44.2 Å². The van der Waals surface area contributed by atoms with Gasteiger partial charge in [0.15, 0.2) is 0 Å². The van der Waals surface area contributed by atoms with Gasteiger partial charge in [-0.05, 0) is 42.2 Å². The van der Waals surface area contributed by atoms with E-state index in [1.807, 2.05) is 36.4 Å². The van der Waals surface area contributed by atoms with Crippen LogP contribution < -0.4 is 4.72 Å². The molecule has 0 radical (unpaired) electrons. The van der Waals surface area contributed by atoms with Gasteiger partial charge in [-0.3, -0.25) is 9.71 Å². The number of anilines is 1. The summed E-state index contributed by atoms with van der Waals surface area (Å²) >= 11 is 0. The number of fused-ring (bicyclic) bond motifs is 1. The van der Waals surface area contributed by atoms with Crippen molar-refractivity contribution in [3.63, 3.8) is 0 Å². The van der Waals surface area contributed by atoms with Crippen LogP contribution in [0.25, 0.3) is 10.9 Å². The van der Waals surface area contributed by atoms with Gasteiger partial charge in [0.05, 0.1) is 16.1 Å². The van der Waals surface area contributed by atoms with Crippen molar-refractivity contribution < 1.29 is 8.42 Å². The molecule has 0 aliphatic carbocycles. The van der Waals surface area contributed by atoms with Crippen LogP contribution in [-0.4, -0.2) is 13.4 Å². The molecule has 0 saturated heterocycles. The zero-order chi connectivity index (χ0) is 17.2. The molecule has 0 saturated carbocycles. The van der Waals surface area contributed by atoms with Crippen LogP contribution in [0, 0.1) is 0 Å². The number of aromatic nitrogens is 1. The Morgan fingerprint density at radius 1 is 1.04 bits per heavy atom. The van der Waals surface area contributed by atoms with E-state index in [1.165, 1.54) is 0 Å². The number of rotatable bonds is 5. The fourth-order valence-corrected chi connectivity index (χ4v) is 3.67. The number of nitrogens with zero attached hydrogens (tertiary/aromatic N) is 1. The van der Waals surface area contributed by atoms with Gasteiger partial charge in [0.1, 0.15) is 0 Å². The summed E-state index contributed by atoms with van der Waals surface area (Å²) in [5.41, 5.74) is 2.27. The minimum atomic E-state index is -3.64. The second kappa shape index (κ2) is 6.61. The molecule has 1 N–H and O–H groups in total. The Balaban J connectivity index is 1.93. The molecule has 1 heterocycles. The maximum atomic E-state index is 12.7. The second-order valence-electron chi connectivity index (χ2n) is 5.86. The van der Waals surface area contributed by atoms with Crippen LogP contribution >= 0.6 is 0 Å². The fourth-order valence-electron chi connectivity index (χ4n) is 2.60. The van der Waals surface area contributed by atoms with Gasteiger partial charge < -0.3 is 0 Å². The number of para-hydroxylation sites is 1. The lowest BCUT2D eigenvalue weighted by Crippen LogP contribution is -2.13. The highest BCUT2D eigenvalue weighted by atomic mass is 32.2. The van der Waals surface area contributed by atoms with Crippen LogP contribution in [0.1, 0.15) is 31.7 Å². The normalized spacial score (nSPS) is 12.9. The van der Waals surface area contributed by atoms with Crippen LogP contribution in [0.5, 0.6) is 0 Å². The van der Waals surface area contributed by atoms with Crippen molar-refractivity contribution in [1.82, 2.24) is 4.98 Å². The van der Waals surface area contributed by atoms with Crippen molar-refractivity contribution in [3.05, 3.63) is 66.4 Å². The molecule has 1 aromatic heterocycles. The zero-order valence-corrected chi connectivity index (χ0v) is 14.5. The Bertz CT molecular complexity index is 945. The summed E-state index contributed by atoms with van der Waals surface area (Å²) in [6.45, 7) is 4.24. The molecule has 3 rings (SSSR count). The van der Waals surface area contributed by atoms with Gasteiger partial charge in [0.2, 0.25) is 0 Å². The van der Waals surface area contributed by atoms with Gasteiger partial charge >= 0.3 is 0 Å². The van der Waals surface area contributed by atoms with Crippen LogP contribution in [0.3, 0.4) is 0 Å². The first kappa shape index (κ1) is 16.5. The Labute approximate surface area is 142 Å². The minimum Gasteiger partial charge on any atom is -0.277 e. The fraction of sp³-hybridized carbons (Fsp3) is 0.211. The van der Waals surface area contributed by atoms with E-state index >= 15 is 0 Å². The van der Waals surface area contributed by atoms with E-state index in [2.05, 4.69) is 23.6 Å². The average molecular weight is 340 g/mol. The average Bonchev–Trinajstić information content (AvgIpc) is 2.61. The first-order valence-electron chi connectivity index (χ1n) is 7.98. The number of sulfonamides is 1. The number of benzene rings is 2. The van der Waals surface area contributed by atoms with Crippen LogP contribution in [0.2, 0.25) is 0 Å². The second-order valence-corrected chi connectivity index (χ2v) is 7.55. The highest BCUT2D eigenvalue weighted by molar-refractivity contribution is 7.92. The SMILES string of the molecule is CCC(C)c1ccc(S(=O)(=O)Nc2cccc3cccnc23)cc1. The number of hydrogen-bond donors (Lipinski definition) is 1. The van der Waals surface area contributed by atoms with Crippen molar-refractivity contribution in [2.45, 2.75) is 31.1 Å². The van der Waals surface area contributed by atoms with Crippen molar-refractivity contribution in [3.8, 4) is 0 Å². The summed E-state index contributed by atoms with van der Waals surface area (Å²) in [5, 5.41) is 0.893. The first-order valence-corrected chi connectivity index (χ1v) is 9.46. The molecule has 24 heavy (non-hydrogen) atoms. The summed E-state index contributed by atoms with van der Waals surface area (Å²) < 4.78 is 28.0. The zero-order valence-electron chi connectivity index (χ0n) is 13.7. The molecule has 0 aliphatic rings. The third-order valence-corrected chi connectivity index (χ3v) is 5.63. The molecule has 0 amide bonds. The lowest BCUT2D eigenvalue weighted by molar-refractivity contribution is 0.601. The van der Waals surface area contributed by atoms with E-state index in [-0.39, 0.29) is 4.90 Å². The predicted molar refractivity (Wildman–Crippen MR) is 97.7 cm³/mol. The number of nitrogens with one attached hydrogen (secondary N) is 1. The summed E-state index contributed by atoms with van der Waals surface area (Å²) in [6.07, 6.45) is 2.67. The van der Waals surface area contributed by atoms with Gasteiger partial charge in [-0.25, -0.2) is 8.42 Å². The number of hydrogen-bond acceptors (Lipinski definition) is 3. The summed E-state index contributed by atoms with van der Waals surface area (Å²) in [7, 11) is -3.64. The van der Waals surface area contributed by atoms with E-state index in [9.17, 15) is 8.42 Å². The van der Waals surface area contributed by atoms with Crippen LogP contribution in [0.15, 0.2) is 65.7 Å². The lowest BCUT2D eigenvalue weighted by Gasteiger charge is -2.12. The Morgan fingerprint density at radius 3 is 2.46 bits per heavy atom. The largest absolute Gasteiger partial charge is 0.277 e. The molecule has 0 aliphatic heterocycles. The van der Waals surface area contributed by atoms with E-state index in [0.29, 0.717) is 17.1 Å². The predicted octanol–water partition coefficient (Wildman–Crippen LogP) is 4.55. The third kappa shape index (κ3) is 3.26. The molecule has 5 heteroatoms. The van der Waals surface area contributed by atoms with Crippen molar-refractivity contribution in [2.24, 2.45) is 0 Å². The molecular formula is C19H20N2O2S. The Hall–Kier alpha value is -2.40. The summed E-state index contributed by atoms with van der Waals surface area (Å²) in [4.78, 5) is 4.53. The first-order chi connectivity index (χ1) is 11.5. The van der Waals surface area contributed by atoms with Gasteiger partial charge in [0, 0.05) is 11.6 Å². The monoisotopic (exact) mass is 340 g/mol. The van der Waals surface area contributed by atoms with Gasteiger partial charge in [0.25, 0.3) is 10.0 Å². The van der Waals surface area contributed by atoms with Gasteiger partial charge in [-0.15, -0.1) is 0 Å². The third-order valence-electron chi connectivity index (χ3n) is 4.25. The molecule has 4 nitrogen and oxygen atoms in total.